The second-order valence-electron chi connectivity index (χ2n) is 4.35. The molecule has 0 bridgehead atoms. The van der Waals surface area contributed by atoms with Crippen molar-refractivity contribution in [2.75, 3.05) is 19.7 Å². The first kappa shape index (κ1) is 11.2. The van der Waals surface area contributed by atoms with Gasteiger partial charge in [-0.05, 0) is 31.7 Å². The van der Waals surface area contributed by atoms with E-state index in [-0.39, 0.29) is 12.5 Å². The second-order valence-corrected chi connectivity index (χ2v) is 4.35. The van der Waals surface area contributed by atoms with Crippen molar-refractivity contribution in [2.45, 2.75) is 19.8 Å². The van der Waals surface area contributed by atoms with E-state index >= 15 is 0 Å². The Kier molecular flexibility index (Phi) is 3.29. The summed E-state index contributed by atoms with van der Waals surface area (Å²) in [6.45, 7) is 3.52. The van der Waals surface area contributed by atoms with Crippen LogP contribution in [0.2, 0.25) is 0 Å². The molecule has 0 unspecified atom stereocenters. The third-order valence-electron chi connectivity index (χ3n) is 3.22. The van der Waals surface area contributed by atoms with E-state index in [4.69, 9.17) is 9.52 Å². The standard InChI is InChI=1S/C12H17NO3/c1-9-4-7-16-11(9)12(15)13-5-2-10(8-14)3-6-13/h4,7,10,14H,2-3,5-6,8H2,1H3. The highest BCUT2D eigenvalue weighted by Crippen LogP contribution is 2.20. The number of carbonyl (C=O) groups is 1. The molecule has 2 heterocycles. The molecule has 0 aromatic carbocycles. The van der Waals surface area contributed by atoms with Gasteiger partial charge in [0, 0.05) is 25.3 Å². The summed E-state index contributed by atoms with van der Waals surface area (Å²) in [6.07, 6.45) is 3.30. The summed E-state index contributed by atoms with van der Waals surface area (Å²) in [4.78, 5) is 13.8. The van der Waals surface area contributed by atoms with Gasteiger partial charge in [0.2, 0.25) is 0 Å². The Hall–Kier alpha value is -1.29. The largest absolute Gasteiger partial charge is 0.459 e. The van der Waals surface area contributed by atoms with Crippen molar-refractivity contribution in [1.29, 1.82) is 0 Å². The van der Waals surface area contributed by atoms with Gasteiger partial charge in [0.25, 0.3) is 5.91 Å². The summed E-state index contributed by atoms with van der Waals surface area (Å²) < 4.78 is 5.19. The van der Waals surface area contributed by atoms with Gasteiger partial charge < -0.3 is 14.4 Å². The summed E-state index contributed by atoms with van der Waals surface area (Å²) in [5.74, 6) is 0.767. The van der Waals surface area contributed by atoms with E-state index in [1.54, 1.807) is 17.2 Å². The number of rotatable bonds is 2. The van der Waals surface area contributed by atoms with Crippen molar-refractivity contribution in [2.24, 2.45) is 5.92 Å². The van der Waals surface area contributed by atoms with Gasteiger partial charge in [-0.25, -0.2) is 0 Å². The lowest BCUT2D eigenvalue weighted by Crippen LogP contribution is -2.39. The molecule has 2 rings (SSSR count). The summed E-state index contributed by atoms with van der Waals surface area (Å²) in [6, 6.07) is 1.80. The molecular formula is C12H17NO3. The Bertz CT molecular complexity index is 364. The van der Waals surface area contributed by atoms with Crippen molar-refractivity contribution in [3.8, 4) is 0 Å². The predicted molar refractivity (Wildman–Crippen MR) is 59.2 cm³/mol. The molecule has 0 radical (unpaired) electrons. The minimum absolute atomic E-state index is 0.0288. The highest BCUT2D eigenvalue weighted by Gasteiger charge is 2.25. The van der Waals surface area contributed by atoms with E-state index in [9.17, 15) is 4.79 Å². The molecule has 1 aliphatic rings. The number of hydrogen-bond donors (Lipinski definition) is 1. The molecule has 1 saturated heterocycles. The quantitative estimate of drug-likeness (QED) is 0.825. The molecule has 0 aliphatic carbocycles. The molecule has 4 nitrogen and oxygen atoms in total. The number of amides is 1. The fourth-order valence-corrected chi connectivity index (χ4v) is 2.05. The Labute approximate surface area is 94.9 Å². The van der Waals surface area contributed by atoms with Crippen LogP contribution in [0.1, 0.15) is 29.0 Å². The van der Waals surface area contributed by atoms with Crippen molar-refractivity contribution >= 4 is 5.91 Å². The molecular weight excluding hydrogens is 206 g/mol. The molecule has 0 spiro atoms. The molecule has 1 fully saturated rings. The van der Waals surface area contributed by atoms with Gasteiger partial charge in [-0.2, -0.15) is 0 Å². The predicted octanol–water partition coefficient (Wildman–Crippen LogP) is 1.43. The number of carbonyl (C=O) groups excluding carboxylic acids is 1. The first-order valence-electron chi connectivity index (χ1n) is 5.66. The van der Waals surface area contributed by atoms with Crippen LogP contribution < -0.4 is 0 Å². The second kappa shape index (κ2) is 4.70. The van der Waals surface area contributed by atoms with Crippen LogP contribution in [0, 0.1) is 12.8 Å². The van der Waals surface area contributed by atoms with Gasteiger partial charge in [-0.1, -0.05) is 0 Å². The summed E-state index contributed by atoms with van der Waals surface area (Å²) in [5, 5.41) is 9.02. The van der Waals surface area contributed by atoms with Crippen LogP contribution >= 0.6 is 0 Å². The van der Waals surface area contributed by atoms with Crippen LogP contribution in [-0.4, -0.2) is 35.6 Å². The number of furan rings is 1. The number of nitrogens with zero attached hydrogens (tertiary/aromatic N) is 1. The third-order valence-corrected chi connectivity index (χ3v) is 3.22. The SMILES string of the molecule is Cc1ccoc1C(=O)N1CCC(CO)CC1. The Morgan fingerprint density at radius 2 is 2.25 bits per heavy atom. The summed E-state index contributed by atoms with van der Waals surface area (Å²) in [5.41, 5.74) is 0.884. The van der Waals surface area contributed by atoms with Gasteiger partial charge in [0.1, 0.15) is 0 Å². The number of piperidine rings is 1. The average Bonchev–Trinajstić information content (AvgIpc) is 2.75. The summed E-state index contributed by atoms with van der Waals surface area (Å²) in [7, 11) is 0. The number of aryl methyl sites for hydroxylation is 1. The van der Waals surface area contributed by atoms with Crippen LogP contribution in [0.15, 0.2) is 16.7 Å². The molecule has 0 atom stereocenters. The molecule has 1 amide bonds. The number of aliphatic hydroxyl groups is 1. The molecule has 16 heavy (non-hydrogen) atoms. The van der Waals surface area contributed by atoms with E-state index in [1.165, 1.54) is 0 Å². The smallest absolute Gasteiger partial charge is 0.289 e. The average molecular weight is 223 g/mol. The molecule has 4 heteroatoms. The third kappa shape index (κ3) is 2.11. The number of hydrogen-bond acceptors (Lipinski definition) is 3. The van der Waals surface area contributed by atoms with Crippen LogP contribution in [0.4, 0.5) is 0 Å². The topological polar surface area (TPSA) is 53.7 Å². The van der Waals surface area contributed by atoms with Gasteiger partial charge in [-0.3, -0.25) is 4.79 Å². The Morgan fingerprint density at radius 3 is 2.75 bits per heavy atom. The Balaban J connectivity index is 2.00. The zero-order valence-electron chi connectivity index (χ0n) is 9.48. The van der Waals surface area contributed by atoms with Crippen molar-refractivity contribution in [3.05, 3.63) is 23.7 Å². The maximum atomic E-state index is 12.0. The normalized spacial score (nSPS) is 17.8. The van der Waals surface area contributed by atoms with Crippen molar-refractivity contribution in [3.63, 3.8) is 0 Å². The fourth-order valence-electron chi connectivity index (χ4n) is 2.05. The van der Waals surface area contributed by atoms with Crippen LogP contribution in [0.5, 0.6) is 0 Å². The van der Waals surface area contributed by atoms with Crippen molar-refractivity contribution in [1.82, 2.24) is 4.90 Å². The van der Waals surface area contributed by atoms with Gasteiger partial charge >= 0.3 is 0 Å². The lowest BCUT2D eigenvalue weighted by Gasteiger charge is -2.30. The van der Waals surface area contributed by atoms with E-state index in [0.29, 0.717) is 24.8 Å². The van der Waals surface area contributed by atoms with Crippen molar-refractivity contribution < 1.29 is 14.3 Å². The first-order valence-corrected chi connectivity index (χ1v) is 5.66. The van der Waals surface area contributed by atoms with E-state index in [2.05, 4.69) is 0 Å². The van der Waals surface area contributed by atoms with Crippen LogP contribution in [-0.2, 0) is 0 Å². The number of likely N-dealkylation sites (tertiary alicyclic amines) is 1. The first-order chi connectivity index (χ1) is 7.72. The number of aliphatic hydroxyl groups excluding tert-OH is 1. The molecule has 0 saturated carbocycles. The molecule has 1 aromatic rings. The van der Waals surface area contributed by atoms with Crippen LogP contribution in [0.25, 0.3) is 0 Å². The fraction of sp³-hybridized carbons (Fsp3) is 0.583. The zero-order chi connectivity index (χ0) is 11.5. The highest BCUT2D eigenvalue weighted by molar-refractivity contribution is 5.92. The maximum Gasteiger partial charge on any atom is 0.289 e. The molecule has 88 valence electrons. The minimum atomic E-state index is -0.0288. The van der Waals surface area contributed by atoms with E-state index in [0.717, 1.165) is 18.4 Å². The van der Waals surface area contributed by atoms with E-state index < -0.39 is 0 Å². The molecule has 1 aliphatic heterocycles. The maximum absolute atomic E-state index is 12.0. The molecule has 1 N–H and O–H groups in total. The monoisotopic (exact) mass is 223 g/mol. The lowest BCUT2D eigenvalue weighted by molar-refractivity contribution is 0.0619. The van der Waals surface area contributed by atoms with Gasteiger partial charge in [0.15, 0.2) is 5.76 Å². The lowest BCUT2D eigenvalue weighted by atomic mass is 9.97. The van der Waals surface area contributed by atoms with Gasteiger partial charge in [0.05, 0.1) is 6.26 Å². The zero-order valence-corrected chi connectivity index (χ0v) is 9.48. The Morgan fingerprint density at radius 1 is 1.56 bits per heavy atom. The summed E-state index contributed by atoms with van der Waals surface area (Å²) >= 11 is 0. The highest BCUT2D eigenvalue weighted by atomic mass is 16.3. The van der Waals surface area contributed by atoms with Gasteiger partial charge in [-0.15, -0.1) is 0 Å². The minimum Gasteiger partial charge on any atom is -0.459 e. The molecule has 1 aromatic heterocycles. The van der Waals surface area contributed by atoms with Crippen LogP contribution in [0.3, 0.4) is 0 Å². The van der Waals surface area contributed by atoms with E-state index in [1.807, 2.05) is 6.92 Å².